The summed E-state index contributed by atoms with van der Waals surface area (Å²) in [6, 6.07) is 9.67. The first-order chi connectivity index (χ1) is 9.56. The Labute approximate surface area is 118 Å². The number of benzene rings is 1. The Hall–Kier alpha value is -2.07. The molecule has 20 heavy (non-hydrogen) atoms. The fourth-order valence-corrected chi connectivity index (χ4v) is 2.87. The van der Waals surface area contributed by atoms with Crippen molar-refractivity contribution in [3.8, 4) is 0 Å². The predicted octanol–water partition coefficient (Wildman–Crippen LogP) is 2.25. The minimum absolute atomic E-state index is 0.0790. The van der Waals surface area contributed by atoms with Gasteiger partial charge in [0, 0.05) is 5.56 Å². The van der Waals surface area contributed by atoms with Crippen LogP contribution in [0.4, 0.5) is 0 Å². The maximum Gasteiger partial charge on any atom is 0.287 e. The highest BCUT2D eigenvalue weighted by Crippen LogP contribution is 2.29. The van der Waals surface area contributed by atoms with E-state index < -0.39 is 0 Å². The van der Waals surface area contributed by atoms with E-state index in [4.69, 9.17) is 10.2 Å². The second-order valence-corrected chi connectivity index (χ2v) is 5.38. The van der Waals surface area contributed by atoms with E-state index in [9.17, 15) is 4.79 Å². The van der Waals surface area contributed by atoms with Crippen LogP contribution < -0.4 is 11.1 Å². The average molecular weight is 270 g/mol. The summed E-state index contributed by atoms with van der Waals surface area (Å²) in [6.07, 6.45) is 0.766. The number of nitrogens with two attached hydrogens (primary N) is 1. The van der Waals surface area contributed by atoms with Gasteiger partial charge in [-0.15, -0.1) is 0 Å². The monoisotopic (exact) mass is 270 g/mol. The standard InChI is InChI=1S/C16H18N2O2/c1-9-7-10(2)20-15(9)16(19)18-13-8-11-5-3-4-6-12(11)14(13)17/h3-7,13-14H,8,17H2,1-2H3,(H,18,19)/t13-,14-/m1/s1. The number of rotatable bonds is 2. The molecule has 3 N–H and O–H groups in total. The average Bonchev–Trinajstić information content (AvgIpc) is 2.91. The van der Waals surface area contributed by atoms with Crippen LogP contribution in [0.15, 0.2) is 34.7 Å². The summed E-state index contributed by atoms with van der Waals surface area (Å²) in [5.41, 5.74) is 9.39. The molecule has 4 nitrogen and oxygen atoms in total. The molecule has 2 aromatic rings. The fraction of sp³-hybridized carbons (Fsp3) is 0.312. The molecule has 0 saturated carbocycles. The Morgan fingerprint density at radius 1 is 1.35 bits per heavy atom. The molecule has 2 atom stereocenters. The smallest absolute Gasteiger partial charge is 0.287 e. The zero-order valence-corrected chi connectivity index (χ0v) is 11.6. The van der Waals surface area contributed by atoms with Gasteiger partial charge in [-0.25, -0.2) is 0 Å². The van der Waals surface area contributed by atoms with Crippen molar-refractivity contribution >= 4 is 5.91 Å². The Morgan fingerprint density at radius 3 is 2.75 bits per heavy atom. The molecule has 0 spiro atoms. The van der Waals surface area contributed by atoms with E-state index in [1.165, 1.54) is 5.56 Å². The highest BCUT2D eigenvalue weighted by molar-refractivity contribution is 5.93. The summed E-state index contributed by atoms with van der Waals surface area (Å²) in [6.45, 7) is 3.70. The van der Waals surface area contributed by atoms with Gasteiger partial charge < -0.3 is 15.5 Å². The molecule has 104 valence electrons. The molecule has 1 amide bonds. The Morgan fingerprint density at radius 2 is 2.10 bits per heavy atom. The molecule has 0 bridgehead atoms. The topological polar surface area (TPSA) is 68.3 Å². The van der Waals surface area contributed by atoms with Gasteiger partial charge in [-0.3, -0.25) is 4.79 Å². The van der Waals surface area contributed by atoms with Crippen molar-refractivity contribution in [2.45, 2.75) is 32.4 Å². The van der Waals surface area contributed by atoms with E-state index in [0.29, 0.717) is 5.76 Å². The number of carbonyl (C=O) groups is 1. The van der Waals surface area contributed by atoms with Crippen LogP contribution in [0, 0.1) is 13.8 Å². The normalized spacial score (nSPS) is 20.8. The number of carbonyl (C=O) groups excluding carboxylic acids is 1. The lowest BCUT2D eigenvalue weighted by Crippen LogP contribution is -2.40. The molecule has 1 aromatic heterocycles. The molecule has 1 aromatic carbocycles. The lowest BCUT2D eigenvalue weighted by atomic mass is 10.1. The van der Waals surface area contributed by atoms with Crippen LogP contribution in [0.25, 0.3) is 0 Å². The zero-order valence-electron chi connectivity index (χ0n) is 11.6. The van der Waals surface area contributed by atoms with Gasteiger partial charge in [-0.2, -0.15) is 0 Å². The summed E-state index contributed by atoms with van der Waals surface area (Å²) in [7, 11) is 0. The molecule has 0 unspecified atom stereocenters. The largest absolute Gasteiger partial charge is 0.456 e. The van der Waals surface area contributed by atoms with Gasteiger partial charge in [0.1, 0.15) is 5.76 Å². The summed E-state index contributed by atoms with van der Waals surface area (Å²) in [5, 5.41) is 2.99. The van der Waals surface area contributed by atoms with Gasteiger partial charge in [0.15, 0.2) is 5.76 Å². The van der Waals surface area contributed by atoms with E-state index >= 15 is 0 Å². The highest BCUT2D eigenvalue weighted by Gasteiger charge is 2.31. The number of aryl methyl sites for hydroxylation is 2. The molecule has 0 fully saturated rings. The van der Waals surface area contributed by atoms with Crippen LogP contribution in [0.3, 0.4) is 0 Å². The summed E-state index contributed by atoms with van der Waals surface area (Å²) in [5.74, 6) is 0.932. The third-order valence-corrected chi connectivity index (χ3v) is 3.85. The third kappa shape index (κ3) is 2.12. The Kier molecular flexibility index (Phi) is 3.10. The van der Waals surface area contributed by atoms with Crippen molar-refractivity contribution in [2.75, 3.05) is 0 Å². The van der Waals surface area contributed by atoms with Gasteiger partial charge in [0.05, 0.1) is 12.1 Å². The second-order valence-electron chi connectivity index (χ2n) is 5.38. The SMILES string of the molecule is Cc1cc(C)c(C(=O)N[C@@H]2Cc3ccccc3[C@H]2N)o1. The number of furan rings is 1. The van der Waals surface area contributed by atoms with Gasteiger partial charge in [0.2, 0.25) is 0 Å². The fourth-order valence-electron chi connectivity index (χ4n) is 2.87. The van der Waals surface area contributed by atoms with Crippen LogP contribution in [-0.4, -0.2) is 11.9 Å². The molecule has 4 heteroatoms. The first-order valence-corrected chi connectivity index (χ1v) is 6.77. The maximum atomic E-state index is 12.3. The molecule has 0 aliphatic heterocycles. The van der Waals surface area contributed by atoms with E-state index in [1.807, 2.05) is 38.1 Å². The lowest BCUT2D eigenvalue weighted by molar-refractivity contribution is 0.0903. The van der Waals surface area contributed by atoms with Gasteiger partial charge in [-0.05, 0) is 37.5 Å². The molecule has 1 aliphatic rings. The Balaban J connectivity index is 1.77. The predicted molar refractivity (Wildman–Crippen MR) is 76.5 cm³/mol. The molecular weight excluding hydrogens is 252 g/mol. The summed E-state index contributed by atoms with van der Waals surface area (Å²) in [4.78, 5) is 12.3. The molecule has 0 saturated heterocycles. The highest BCUT2D eigenvalue weighted by atomic mass is 16.3. The van der Waals surface area contributed by atoms with Gasteiger partial charge in [0.25, 0.3) is 5.91 Å². The minimum Gasteiger partial charge on any atom is -0.456 e. The first-order valence-electron chi connectivity index (χ1n) is 6.77. The molecule has 1 aliphatic carbocycles. The van der Waals surface area contributed by atoms with Crippen molar-refractivity contribution in [2.24, 2.45) is 5.73 Å². The number of fused-ring (bicyclic) bond motifs is 1. The molecule has 1 heterocycles. The zero-order chi connectivity index (χ0) is 14.3. The van der Waals surface area contributed by atoms with Crippen molar-refractivity contribution in [3.05, 3.63) is 58.5 Å². The minimum atomic E-state index is -0.191. The number of nitrogens with one attached hydrogen (secondary N) is 1. The van der Waals surface area contributed by atoms with Crippen LogP contribution in [0.5, 0.6) is 0 Å². The Bertz CT molecular complexity index is 660. The first kappa shape index (κ1) is 12.9. The quantitative estimate of drug-likeness (QED) is 0.879. The number of amides is 1. The second kappa shape index (κ2) is 4.80. The molecule has 3 rings (SSSR count). The van der Waals surface area contributed by atoms with Crippen molar-refractivity contribution in [1.82, 2.24) is 5.32 Å². The number of hydrogen-bond acceptors (Lipinski definition) is 3. The van der Waals surface area contributed by atoms with Crippen molar-refractivity contribution in [3.63, 3.8) is 0 Å². The van der Waals surface area contributed by atoms with Crippen LogP contribution in [-0.2, 0) is 6.42 Å². The number of hydrogen-bond donors (Lipinski definition) is 2. The summed E-state index contributed by atoms with van der Waals surface area (Å²) < 4.78 is 5.45. The van der Waals surface area contributed by atoms with Crippen molar-refractivity contribution in [1.29, 1.82) is 0 Å². The van der Waals surface area contributed by atoms with Crippen LogP contribution >= 0.6 is 0 Å². The van der Waals surface area contributed by atoms with E-state index in [-0.39, 0.29) is 18.0 Å². The van der Waals surface area contributed by atoms with Crippen molar-refractivity contribution < 1.29 is 9.21 Å². The van der Waals surface area contributed by atoms with Gasteiger partial charge >= 0.3 is 0 Å². The van der Waals surface area contributed by atoms with E-state index in [0.717, 1.165) is 23.3 Å². The van der Waals surface area contributed by atoms with E-state index in [1.54, 1.807) is 0 Å². The molecular formula is C16H18N2O2. The van der Waals surface area contributed by atoms with E-state index in [2.05, 4.69) is 11.4 Å². The third-order valence-electron chi connectivity index (χ3n) is 3.85. The molecule has 0 radical (unpaired) electrons. The van der Waals surface area contributed by atoms with Gasteiger partial charge in [-0.1, -0.05) is 24.3 Å². The summed E-state index contributed by atoms with van der Waals surface area (Å²) >= 11 is 0. The van der Waals surface area contributed by atoms with Crippen LogP contribution in [0.2, 0.25) is 0 Å². The maximum absolute atomic E-state index is 12.3. The van der Waals surface area contributed by atoms with Crippen LogP contribution in [0.1, 0.15) is 39.0 Å². The lowest BCUT2D eigenvalue weighted by Gasteiger charge is -2.17.